The van der Waals surface area contributed by atoms with Gasteiger partial charge in [0.15, 0.2) is 0 Å². The van der Waals surface area contributed by atoms with Crippen LogP contribution in [0.1, 0.15) is 0 Å². The van der Waals surface area contributed by atoms with Crippen LogP contribution in [-0.2, 0) is 0 Å². The predicted molar refractivity (Wildman–Crippen MR) is 131 cm³/mol. The van der Waals surface area contributed by atoms with Crippen molar-refractivity contribution < 1.29 is 0 Å². The Morgan fingerprint density at radius 1 is 0.452 bits per heavy atom. The predicted octanol–water partition coefficient (Wildman–Crippen LogP) is 7.91. The molecule has 0 saturated heterocycles. The van der Waals surface area contributed by atoms with E-state index in [4.69, 9.17) is 4.98 Å². The average Bonchev–Trinajstić information content (AvgIpc) is 2.85. The first-order chi connectivity index (χ1) is 15.3. The quantitative estimate of drug-likeness (QED) is 0.271. The molecule has 31 heavy (non-hydrogen) atoms. The van der Waals surface area contributed by atoms with Gasteiger partial charge in [-0.2, -0.15) is 0 Å². The van der Waals surface area contributed by atoms with Gasteiger partial charge in [0.2, 0.25) is 0 Å². The third kappa shape index (κ3) is 4.32. The van der Waals surface area contributed by atoms with Gasteiger partial charge in [-0.3, -0.25) is 4.98 Å². The van der Waals surface area contributed by atoms with Crippen molar-refractivity contribution >= 4 is 15.9 Å². The molecule has 0 unspecified atom stereocenters. The third-order valence-corrected chi connectivity index (χ3v) is 5.75. The van der Waals surface area contributed by atoms with Crippen molar-refractivity contribution in [1.82, 2.24) is 9.97 Å². The Morgan fingerprint density at radius 2 is 1.03 bits per heavy atom. The molecule has 148 valence electrons. The Balaban J connectivity index is 1.60. The number of benzene rings is 3. The zero-order chi connectivity index (χ0) is 21.0. The van der Waals surface area contributed by atoms with Crippen molar-refractivity contribution in [1.29, 1.82) is 0 Å². The van der Waals surface area contributed by atoms with E-state index < -0.39 is 0 Å². The second-order valence-corrected chi connectivity index (χ2v) is 8.21. The van der Waals surface area contributed by atoms with E-state index in [1.165, 1.54) is 11.1 Å². The lowest BCUT2D eigenvalue weighted by atomic mass is 9.99. The minimum absolute atomic E-state index is 0.864. The first-order valence-corrected chi connectivity index (χ1v) is 10.9. The van der Waals surface area contributed by atoms with Crippen molar-refractivity contribution in [3.8, 4) is 44.9 Å². The molecule has 2 aromatic heterocycles. The molecule has 0 amide bonds. The lowest BCUT2D eigenvalue weighted by Gasteiger charge is -2.11. The highest BCUT2D eigenvalue weighted by Crippen LogP contribution is 2.31. The molecule has 0 radical (unpaired) electrons. The third-order valence-electron chi connectivity index (χ3n) is 5.22. The van der Waals surface area contributed by atoms with E-state index in [2.05, 4.69) is 106 Å². The number of nitrogens with zero attached hydrogens (tertiary/aromatic N) is 2. The molecule has 0 N–H and O–H groups in total. The number of hydrogen-bond donors (Lipinski definition) is 0. The van der Waals surface area contributed by atoms with Gasteiger partial charge in [0.25, 0.3) is 0 Å². The Morgan fingerprint density at radius 3 is 1.74 bits per heavy atom. The van der Waals surface area contributed by atoms with Gasteiger partial charge in [-0.15, -0.1) is 0 Å². The second kappa shape index (κ2) is 8.66. The smallest absolute Gasteiger partial charge is 0.0899 e. The molecule has 5 aromatic rings. The Hall–Kier alpha value is -3.56. The maximum absolute atomic E-state index is 4.95. The van der Waals surface area contributed by atoms with Gasteiger partial charge in [0.1, 0.15) is 0 Å². The Labute approximate surface area is 190 Å². The Kier molecular flexibility index (Phi) is 5.42. The molecule has 2 nitrogen and oxygen atoms in total. The molecule has 0 aliphatic carbocycles. The number of pyridine rings is 2. The summed E-state index contributed by atoms with van der Waals surface area (Å²) >= 11 is 3.52. The molecule has 5 rings (SSSR count). The van der Waals surface area contributed by atoms with Crippen molar-refractivity contribution in [2.75, 3.05) is 0 Å². The van der Waals surface area contributed by atoms with Crippen molar-refractivity contribution in [2.45, 2.75) is 0 Å². The van der Waals surface area contributed by atoms with E-state index in [1.54, 1.807) is 6.20 Å². The first kappa shape index (κ1) is 19.4. The van der Waals surface area contributed by atoms with Gasteiger partial charge in [0.05, 0.1) is 17.1 Å². The minimum atomic E-state index is 0.864. The zero-order valence-corrected chi connectivity index (χ0v) is 18.3. The molecule has 0 aliphatic rings. The zero-order valence-electron chi connectivity index (χ0n) is 16.7. The molecule has 3 aromatic carbocycles. The lowest BCUT2D eigenvalue weighted by Crippen LogP contribution is -1.92. The molecular weight excluding hydrogens is 444 g/mol. The van der Waals surface area contributed by atoms with Gasteiger partial charge in [0, 0.05) is 16.2 Å². The summed E-state index contributed by atoms with van der Waals surface area (Å²) < 4.78 is 1.06. The topological polar surface area (TPSA) is 25.8 Å². The monoisotopic (exact) mass is 462 g/mol. The largest absolute Gasteiger partial charge is 0.255 e. The molecule has 0 spiro atoms. The van der Waals surface area contributed by atoms with Crippen LogP contribution in [0.2, 0.25) is 0 Å². The minimum Gasteiger partial charge on any atom is -0.255 e. The van der Waals surface area contributed by atoms with Crippen molar-refractivity contribution in [3.63, 3.8) is 0 Å². The van der Waals surface area contributed by atoms with Gasteiger partial charge in [-0.05, 0) is 58.7 Å². The number of hydrogen-bond acceptors (Lipinski definition) is 2. The van der Waals surface area contributed by atoms with E-state index >= 15 is 0 Å². The summed E-state index contributed by atoms with van der Waals surface area (Å²) in [5, 5.41) is 0. The highest BCUT2D eigenvalue weighted by molar-refractivity contribution is 9.10. The van der Waals surface area contributed by atoms with Crippen molar-refractivity contribution in [2.24, 2.45) is 0 Å². The van der Waals surface area contributed by atoms with Crippen molar-refractivity contribution in [3.05, 3.63) is 120 Å². The second-order valence-electron chi connectivity index (χ2n) is 7.29. The van der Waals surface area contributed by atoms with Crippen LogP contribution < -0.4 is 0 Å². The van der Waals surface area contributed by atoms with Crippen LogP contribution in [0, 0.1) is 0 Å². The summed E-state index contributed by atoms with van der Waals surface area (Å²) in [6, 6.07) is 37.5. The summed E-state index contributed by atoms with van der Waals surface area (Å²) in [7, 11) is 0. The fourth-order valence-electron chi connectivity index (χ4n) is 3.60. The van der Waals surface area contributed by atoms with Gasteiger partial charge in [-0.25, -0.2) is 4.98 Å². The van der Waals surface area contributed by atoms with Crippen LogP contribution in [0.3, 0.4) is 0 Å². The van der Waals surface area contributed by atoms with Crippen LogP contribution in [0.5, 0.6) is 0 Å². The van der Waals surface area contributed by atoms with Crippen LogP contribution in [-0.4, -0.2) is 9.97 Å². The van der Waals surface area contributed by atoms with Crippen LogP contribution in [0.15, 0.2) is 120 Å². The van der Waals surface area contributed by atoms with Gasteiger partial charge < -0.3 is 0 Å². The maximum atomic E-state index is 4.95. The molecule has 2 heterocycles. The first-order valence-electron chi connectivity index (χ1n) is 10.1. The van der Waals surface area contributed by atoms with Gasteiger partial charge >= 0.3 is 0 Å². The summed E-state index contributed by atoms with van der Waals surface area (Å²) in [6.07, 6.45) is 1.80. The fourth-order valence-corrected chi connectivity index (χ4v) is 3.86. The fraction of sp³-hybridized carbons (Fsp3) is 0. The lowest BCUT2D eigenvalue weighted by molar-refractivity contribution is 1.25. The van der Waals surface area contributed by atoms with E-state index in [-0.39, 0.29) is 0 Å². The van der Waals surface area contributed by atoms with Crippen LogP contribution >= 0.6 is 15.9 Å². The number of rotatable bonds is 4. The van der Waals surface area contributed by atoms with E-state index in [9.17, 15) is 0 Å². The summed E-state index contributed by atoms with van der Waals surface area (Å²) in [5.41, 5.74) is 8.40. The SMILES string of the molecule is Brc1ccc(-c2cc(-c3ccc(-c4ccccc4)cc3)nc(-c3ccccn3)c2)cc1. The summed E-state index contributed by atoms with van der Waals surface area (Å²) in [6.45, 7) is 0. The summed E-state index contributed by atoms with van der Waals surface area (Å²) in [4.78, 5) is 9.46. The average molecular weight is 463 g/mol. The molecular formula is C28H19BrN2. The molecule has 3 heteroatoms. The standard InChI is InChI=1S/C28H19BrN2/c29-25-15-13-22(14-16-25)24-18-27(31-28(19-24)26-8-4-5-17-30-26)23-11-9-21(10-12-23)20-6-2-1-3-7-20/h1-19H. The molecule has 0 aliphatic heterocycles. The normalized spacial score (nSPS) is 10.7. The van der Waals surface area contributed by atoms with Crippen LogP contribution in [0.4, 0.5) is 0 Å². The van der Waals surface area contributed by atoms with Gasteiger partial charge in [-0.1, -0.05) is 88.7 Å². The molecule has 0 atom stereocenters. The van der Waals surface area contributed by atoms with E-state index in [0.29, 0.717) is 0 Å². The summed E-state index contributed by atoms with van der Waals surface area (Å²) in [5.74, 6) is 0. The molecule has 0 bridgehead atoms. The van der Waals surface area contributed by atoms with Crippen LogP contribution in [0.25, 0.3) is 44.9 Å². The van der Waals surface area contributed by atoms with E-state index in [1.807, 2.05) is 24.3 Å². The number of aromatic nitrogens is 2. The van der Waals surface area contributed by atoms with E-state index in [0.717, 1.165) is 38.2 Å². The maximum Gasteiger partial charge on any atom is 0.0899 e. The Bertz CT molecular complexity index is 1300. The molecule has 0 fully saturated rings. The highest BCUT2D eigenvalue weighted by atomic mass is 79.9. The number of halogens is 1. The highest BCUT2D eigenvalue weighted by Gasteiger charge is 2.10. The molecule has 0 saturated carbocycles.